The number of nitrogens with one attached hydrogen (secondary N) is 1. The first-order chi connectivity index (χ1) is 9.25. The predicted molar refractivity (Wildman–Crippen MR) is 83.7 cm³/mol. The average Bonchev–Trinajstić information content (AvgIpc) is 3.31. The van der Waals surface area contributed by atoms with Crippen molar-refractivity contribution in [1.82, 2.24) is 10.2 Å². The Bertz CT molecular complexity index is 467. The van der Waals surface area contributed by atoms with Gasteiger partial charge in [0.05, 0.1) is 0 Å². The molecule has 1 saturated heterocycles. The van der Waals surface area contributed by atoms with E-state index in [1.165, 1.54) is 18.4 Å². The summed E-state index contributed by atoms with van der Waals surface area (Å²) in [6, 6.07) is 8.70. The fraction of sp³-hybridized carbons (Fsp3) is 0.562. The molecule has 1 aliphatic heterocycles. The molecule has 0 bridgehead atoms. The molecule has 3 nitrogen and oxygen atoms in total. The van der Waals surface area contributed by atoms with Crippen LogP contribution in [0.15, 0.2) is 24.3 Å². The first-order valence-corrected chi connectivity index (χ1v) is 7.33. The van der Waals surface area contributed by atoms with Crippen molar-refractivity contribution in [3.8, 4) is 0 Å². The van der Waals surface area contributed by atoms with Gasteiger partial charge in [-0.2, -0.15) is 0 Å². The number of nitrogens with zero attached hydrogens (tertiary/aromatic N) is 1. The highest BCUT2D eigenvalue weighted by Gasteiger charge is 2.30. The molecule has 20 heavy (non-hydrogen) atoms. The standard InChI is InChI=1S/C16H22N2O.ClH/c1-18(15-7-8-15)16(19)13-5-2-4-12(10-13)14-6-3-9-17-11-14;/h2,4-5,10,14-15,17H,3,6-9,11H2,1H3;1H. The molecule has 1 amide bonds. The molecule has 1 aromatic rings. The van der Waals surface area contributed by atoms with Crippen LogP contribution in [0.1, 0.15) is 47.5 Å². The molecule has 1 heterocycles. The Morgan fingerprint density at radius 3 is 2.75 bits per heavy atom. The van der Waals surface area contributed by atoms with Crippen LogP contribution in [-0.4, -0.2) is 37.0 Å². The quantitative estimate of drug-likeness (QED) is 0.930. The fourth-order valence-corrected chi connectivity index (χ4v) is 2.89. The summed E-state index contributed by atoms with van der Waals surface area (Å²) in [4.78, 5) is 14.3. The summed E-state index contributed by atoms with van der Waals surface area (Å²) in [6.45, 7) is 2.16. The van der Waals surface area contributed by atoms with Crippen LogP contribution >= 0.6 is 12.4 Å². The first-order valence-electron chi connectivity index (χ1n) is 7.33. The van der Waals surface area contributed by atoms with Crippen molar-refractivity contribution < 1.29 is 4.79 Å². The summed E-state index contributed by atoms with van der Waals surface area (Å²) in [7, 11) is 1.93. The van der Waals surface area contributed by atoms with E-state index in [4.69, 9.17) is 0 Å². The number of carbonyl (C=O) groups excluding carboxylic acids is 1. The number of piperidine rings is 1. The first kappa shape index (κ1) is 15.3. The Balaban J connectivity index is 0.00000147. The van der Waals surface area contributed by atoms with Gasteiger partial charge in [0.15, 0.2) is 0 Å². The van der Waals surface area contributed by atoms with E-state index in [9.17, 15) is 4.79 Å². The van der Waals surface area contributed by atoms with Gasteiger partial charge < -0.3 is 10.2 Å². The molecular weight excluding hydrogens is 272 g/mol. The number of amides is 1. The largest absolute Gasteiger partial charge is 0.339 e. The number of hydrogen-bond acceptors (Lipinski definition) is 2. The van der Waals surface area contributed by atoms with Crippen molar-refractivity contribution in [1.29, 1.82) is 0 Å². The molecule has 110 valence electrons. The summed E-state index contributed by atoms with van der Waals surface area (Å²) in [5.74, 6) is 0.737. The Labute approximate surface area is 127 Å². The lowest BCUT2D eigenvalue weighted by Crippen LogP contribution is -2.30. The summed E-state index contributed by atoms with van der Waals surface area (Å²) in [5, 5.41) is 3.44. The van der Waals surface area contributed by atoms with Crippen LogP contribution in [0, 0.1) is 0 Å². The van der Waals surface area contributed by atoms with Gasteiger partial charge in [-0.25, -0.2) is 0 Å². The molecule has 0 aromatic heterocycles. The van der Waals surface area contributed by atoms with Crippen LogP contribution in [0.5, 0.6) is 0 Å². The SMILES string of the molecule is CN(C(=O)c1cccc(C2CCCNC2)c1)C1CC1.Cl. The Kier molecular flexibility index (Phi) is 5.06. The second kappa shape index (κ2) is 6.59. The van der Waals surface area contributed by atoms with Crippen molar-refractivity contribution in [2.75, 3.05) is 20.1 Å². The zero-order chi connectivity index (χ0) is 13.2. The van der Waals surface area contributed by atoms with Gasteiger partial charge in [-0.05, 0) is 55.8 Å². The zero-order valence-electron chi connectivity index (χ0n) is 12.0. The van der Waals surface area contributed by atoms with Gasteiger partial charge in [0.2, 0.25) is 0 Å². The lowest BCUT2D eigenvalue weighted by atomic mass is 9.90. The van der Waals surface area contributed by atoms with Gasteiger partial charge in [0.25, 0.3) is 5.91 Å². The van der Waals surface area contributed by atoms with Gasteiger partial charge in [0, 0.05) is 25.2 Å². The number of benzene rings is 1. The lowest BCUT2D eigenvalue weighted by molar-refractivity contribution is 0.0785. The van der Waals surface area contributed by atoms with E-state index in [1.54, 1.807) is 0 Å². The highest BCUT2D eigenvalue weighted by molar-refractivity contribution is 5.94. The third-order valence-electron chi connectivity index (χ3n) is 4.32. The Morgan fingerprint density at radius 1 is 1.30 bits per heavy atom. The van der Waals surface area contributed by atoms with Gasteiger partial charge in [-0.1, -0.05) is 12.1 Å². The molecule has 3 rings (SSSR count). The van der Waals surface area contributed by atoms with E-state index >= 15 is 0 Å². The molecule has 1 N–H and O–H groups in total. The van der Waals surface area contributed by atoms with Crippen molar-refractivity contribution in [2.24, 2.45) is 0 Å². The molecule has 1 aromatic carbocycles. The third-order valence-corrected chi connectivity index (χ3v) is 4.32. The van der Waals surface area contributed by atoms with Gasteiger partial charge in [-0.15, -0.1) is 12.4 Å². The maximum Gasteiger partial charge on any atom is 0.253 e. The van der Waals surface area contributed by atoms with E-state index in [1.807, 2.05) is 24.1 Å². The minimum Gasteiger partial charge on any atom is -0.339 e. The second-order valence-electron chi connectivity index (χ2n) is 5.82. The maximum atomic E-state index is 12.4. The smallest absolute Gasteiger partial charge is 0.253 e. The molecule has 2 aliphatic rings. The molecule has 1 saturated carbocycles. The fourth-order valence-electron chi connectivity index (χ4n) is 2.89. The molecule has 0 spiro atoms. The van der Waals surface area contributed by atoms with Crippen LogP contribution in [0.3, 0.4) is 0 Å². The van der Waals surface area contributed by atoms with E-state index in [0.29, 0.717) is 12.0 Å². The molecule has 0 radical (unpaired) electrons. The van der Waals surface area contributed by atoms with Crippen LogP contribution in [0.25, 0.3) is 0 Å². The Hall–Kier alpha value is -1.06. The van der Waals surface area contributed by atoms with E-state index < -0.39 is 0 Å². The van der Waals surface area contributed by atoms with E-state index in [0.717, 1.165) is 31.5 Å². The van der Waals surface area contributed by atoms with Crippen molar-refractivity contribution in [2.45, 2.75) is 37.6 Å². The lowest BCUT2D eigenvalue weighted by Gasteiger charge is -2.24. The number of halogens is 1. The molecular formula is C16H23ClN2O. The number of carbonyl (C=O) groups is 1. The summed E-state index contributed by atoms with van der Waals surface area (Å²) >= 11 is 0. The topological polar surface area (TPSA) is 32.3 Å². The summed E-state index contributed by atoms with van der Waals surface area (Å²) in [5.41, 5.74) is 2.15. The van der Waals surface area contributed by atoms with Gasteiger partial charge in [0.1, 0.15) is 0 Å². The summed E-state index contributed by atoms with van der Waals surface area (Å²) in [6.07, 6.45) is 4.77. The van der Waals surface area contributed by atoms with E-state index in [2.05, 4.69) is 17.4 Å². The van der Waals surface area contributed by atoms with Gasteiger partial charge in [-0.3, -0.25) is 4.79 Å². The monoisotopic (exact) mass is 294 g/mol. The normalized spacial score (nSPS) is 21.9. The Morgan fingerprint density at radius 2 is 2.10 bits per heavy atom. The van der Waals surface area contributed by atoms with Gasteiger partial charge >= 0.3 is 0 Å². The molecule has 1 atom stereocenters. The highest BCUT2D eigenvalue weighted by Crippen LogP contribution is 2.28. The van der Waals surface area contributed by atoms with Crippen molar-refractivity contribution >= 4 is 18.3 Å². The van der Waals surface area contributed by atoms with Crippen molar-refractivity contribution in [3.05, 3.63) is 35.4 Å². The zero-order valence-corrected chi connectivity index (χ0v) is 12.8. The number of hydrogen-bond donors (Lipinski definition) is 1. The van der Waals surface area contributed by atoms with Crippen LogP contribution in [0.4, 0.5) is 0 Å². The molecule has 1 unspecified atom stereocenters. The number of rotatable bonds is 3. The van der Waals surface area contributed by atoms with Crippen molar-refractivity contribution in [3.63, 3.8) is 0 Å². The molecule has 2 fully saturated rings. The summed E-state index contributed by atoms with van der Waals surface area (Å²) < 4.78 is 0. The van der Waals surface area contributed by atoms with Crippen LogP contribution < -0.4 is 5.32 Å². The second-order valence-corrected chi connectivity index (χ2v) is 5.82. The predicted octanol–water partition coefficient (Wildman–Crippen LogP) is 2.81. The third kappa shape index (κ3) is 3.33. The average molecular weight is 295 g/mol. The maximum absolute atomic E-state index is 12.4. The molecule has 1 aliphatic carbocycles. The molecule has 4 heteroatoms. The minimum absolute atomic E-state index is 0. The minimum atomic E-state index is 0. The highest BCUT2D eigenvalue weighted by atomic mass is 35.5. The van der Waals surface area contributed by atoms with Crippen LogP contribution in [-0.2, 0) is 0 Å². The van der Waals surface area contributed by atoms with Crippen LogP contribution in [0.2, 0.25) is 0 Å². The van der Waals surface area contributed by atoms with E-state index in [-0.39, 0.29) is 18.3 Å².